The highest BCUT2D eigenvalue weighted by Gasteiger charge is 2.39. The quantitative estimate of drug-likeness (QED) is 0.916. The predicted octanol–water partition coefficient (Wildman–Crippen LogP) is 2.92. The molecule has 0 radical (unpaired) electrons. The van der Waals surface area contributed by atoms with E-state index in [1.165, 1.54) is 6.07 Å². The van der Waals surface area contributed by atoms with Crippen molar-refractivity contribution >= 4 is 18.4 Å². The third-order valence-electron chi connectivity index (χ3n) is 5.01. The first-order chi connectivity index (χ1) is 10.7. The van der Waals surface area contributed by atoms with Crippen LogP contribution in [0.1, 0.15) is 30.7 Å². The second kappa shape index (κ2) is 8.08. The van der Waals surface area contributed by atoms with Crippen molar-refractivity contribution in [3.05, 3.63) is 35.6 Å². The van der Waals surface area contributed by atoms with E-state index in [1.54, 1.807) is 18.2 Å². The maximum Gasteiger partial charge on any atom is 0.307 e. The number of hydrogen-bond donors (Lipinski definition) is 1. The highest BCUT2D eigenvalue weighted by atomic mass is 35.5. The number of nitrogens with zero attached hydrogens (tertiary/aromatic N) is 1. The van der Waals surface area contributed by atoms with Crippen LogP contribution in [0.2, 0.25) is 0 Å². The summed E-state index contributed by atoms with van der Waals surface area (Å²) >= 11 is 0. The Morgan fingerprint density at radius 3 is 2.57 bits per heavy atom. The average molecular weight is 344 g/mol. The van der Waals surface area contributed by atoms with Gasteiger partial charge in [0.05, 0.1) is 19.1 Å². The molecule has 6 heteroatoms. The van der Waals surface area contributed by atoms with Crippen LogP contribution in [0, 0.1) is 11.7 Å². The predicted molar refractivity (Wildman–Crippen MR) is 87.5 cm³/mol. The molecule has 0 aromatic heterocycles. The number of carboxylic acids is 1. The summed E-state index contributed by atoms with van der Waals surface area (Å²) in [5.74, 6) is -1.84. The lowest BCUT2D eigenvalue weighted by atomic mass is 9.73. The van der Waals surface area contributed by atoms with Crippen molar-refractivity contribution in [3.8, 4) is 0 Å². The fourth-order valence-electron chi connectivity index (χ4n) is 3.84. The fourth-order valence-corrected chi connectivity index (χ4v) is 3.84. The number of hydrogen-bond acceptors (Lipinski definition) is 3. The number of benzene rings is 1. The Hall–Kier alpha value is -1.17. The van der Waals surface area contributed by atoms with Crippen LogP contribution in [0.15, 0.2) is 24.3 Å². The van der Waals surface area contributed by atoms with Gasteiger partial charge in [-0.05, 0) is 30.9 Å². The monoisotopic (exact) mass is 343 g/mol. The molecule has 3 atom stereocenters. The summed E-state index contributed by atoms with van der Waals surface area (Å²) < 4.78 is 19.5. The van der Waals surface area contributed by atoms with Crippen LogP contribution in [-0.4, -0.2) is 48.3 Å². The summed E-state index contributed by atoms with van der Waals surface area (Å²) in [5.41, 5.74) is 0.549. The molecule has 1 aromatic carbocycles. The summed E-state index contributed by atoms with van der Waals surface area (Å²) in [5, 5.41) is 9.50. The molecule has 1 aliphatic carbocycles. The first-order valence-electron chi connectivity index (χ1n) is 7.96. The number of morpholine rings is 1. The zero-order chi connectivity index (χ0) is 15.5. The first kappa shape index (κ1) is 18.2. The van der Waals surface area contributed by atoms with Gasteiger partial charge in [-0.15, -0.1) is 12.4 Å². The zero-order valence-corrected chi connectivity index (χ0v) is 13.8. The van der Waals surface area contributed by atoms with Gasteiger partial charge in [-0.25, -0.2) is 4.39 Å². The Morgan fingerprint density at radius 2 is 1.91 bits per heavy atom. The molecule has 1 saturated carbocycles. The van der Waals surface area contributed by atoms with Crippen molar-refractivity contribution in [2.45, 2.75) is 31.2 Å². The van der Waals surface area contributed by atoms with Crippen LogP contribution in [0.25, 0.3) is 0 Å². The van der Waals surface area contributed by atoms with E-state index in [0.29, 0.717) is 24.4 Å². The molecule has 4 nitrogen and oxygen atoms in total. The second-order valence-corrected chi connectivity index (χ2v) is 6.19. The Morgan fingerprint density at radius 1 is 1.22 bits per heavy atom. The maximum atomic E-state index is 14.2. The third-order valence-corrected chi connectivity index (χ3v) is 5.01. The first-order valence-corrected chi connectivity index (χ1v) is 7.96. The van der Waals surface area contributed by atoms with Gasteiger partial charge < -0.3 is 9.84 Å². The number of rotatable bonds is 3. The lowest BCUT2D eigenvalue weighted by molar-refractivity contribution is -0.144. The molecular weight excluding hydrogens is 321 g/mol. The number of carboxylic acid groups (broad SMARTS) is 1. The SMILES string of the molecule is Cl.O=C(O)[C@@H]1CC[C@@H](N2CCOCC2)C[C@H]1c1ccccc1F. The van der Waals surface area contributed by atoms with Crippen LogP contribution in [-0.2, 0) is 9.53 Å². The molecule has 0 spiro atoms. The van der Waals surface area contributed by atoms with E-state index in [0.717, 1.165) is 32.7 Å². The van der Waals surface area contributed by atoms with E-state index in [9.17, 15) is 14.3 Å². The number of ether oxygens (including phenoxy) is 1. The topological polar surface area (TPSA) is 49.8 Å². The Kier molecular flexibility index (Phi) is 6.39. The molecule has 1 aliphatic heterocycles. The van der Waals surface area contributed by atoms with Crippen molar-refractivity contribution in [1.82, 2.24) is 4.90 Å². The van der Waals surface area contributed by atoms with Crippen molar-refractivity contribution in [2.75, 3.05) is 26.3 Å². The number of aliphatic carboxylic acids is 1. The summed E-state index contributed by atoms with van der Waals surface area (Å²) in [6, 6.07) is 6.92. The molecule has 2 fully saturated rings. The molecule has 0 bridgehead atoms. The van der Waals surface area contributed by atoms with E-state index in [-0.39, 0.29) is 24.1 Å². The van der Waals surface area contributed by atoms with Crippen LogP contribution in [0.5, 0.6) is 0 Å². The van der Waals surface area contributed by atoms with E-state index in [1.807, 2.05) is 0 Å². The van der Waals surface area contributed by atoms with Gasteiger partial charge in [0, 0.05) is 25.0 Å². The van der Waals surface area contributed by atoms with Crippen LogP contribution in [0.3, 0.4) is 0 Å². The van der Waals surface area contributed by atoms with Crippen molar-refractivity contribution in [3.63, 3.8) is 0 Å². The minimum atomic E-state index is -0.811. The lowest BCUT2D eigenvalue weighted by Gasteiger charge is -2.41. The summed E-state index contributed by atoms with van der Waals surface area (Å²) in [7, 11) is 0. The molecular formula is C17H23ClFNO3. The van der Waals surface area contributed by atoms with Gasteiger partial charge in [-0.3, -0.25) is 9.69 Å². The zero-order valence-electron chi connectivity index (χ0n) is 13.0. The van der Waals surface area contributed by atoms with Gasteiger partial charge >= 0.3 is 5.97 Å². The number of halogens is 2. The minimum absolute atomic E-state index is 0. The van der Waals surface area contributed by atoms with Gasteiger partial charge in [0.2, 0.25) is 0 Å². The van der Waals surface area contributed by atoms with Gasteiger partial charge in [-0.2, -0.15) is 0 Å². The summed E-state index contributed by atoms with van der Waals surface area (Å²) in [4.78, 5) is 13.9. The number of carbonyl (C=O) groups is 1. The third kappa shape index (κ3) is 4.03. The highest BCUT2D eigenvalue weighted by Crippen LogP contribution is 2.40. The molecule has 1 heterocycles. The van der Waals surface area contributed by atoms with Gasteiger partial charge in [0.15, 0.2) is 0 Å². The van der Waals surface area contributed by atoms with Crippen LogP contribution >= 0.6 is 12.4 Å². The van der Waals surface area contributed by atoms with E-state index < -0.39 is 11.9 Å². The molecule has 1 saturated heterocycles. The second-order valence-electron chi connectivity index (χ2n) is 6.19. The van der Waals surface area contributed by atoms with E-state index in [2.05, 4.69) is 4.90 Å². The molecule has 2 aliphatic rings. The van der Waals surface area contributed by atoms with Crippen molar-refractivity contribution in [2.24, 2.45) is 5.92 Å². The van der Waals surface area contributed by atoms with Crippen molar-refractivity contribution < 1.29 is 19.0 Å². The molecule has 1 aromatic rings. The standard InChI is InChI=1S/C17H22FNO3.ClH/c18-16-4-2-1-3-13(16)15-11-12(5-6-14(15)17(20)21)19-7-9-22-10-8-19;/h1-4,12,14-15H,5-11H2,(H,20,21);1H/t12-,14-,15+;/m1./s1. The van der Waals surface area contributed by atoms with Gasteiger partial charge in [-0.1, -0.05) is 18.2 Å². The van der Waals surface area contributed by atoms with Crippen LogP contribution in [0.4, 0.5) is 4.39 Å². The molecule has 128 valence electrons. The maximum absolute atomic E-state index is 14.2. The molecule has 0 amide bonds. The minimum Gasteiger partial charge on any atom is -0.481 e. The molecule has 0 unspecified atom stereocenters. The Balaban J connectivity index is 0.00000192. The smallest absolute Gasteiger partial charge is 0.307 e. The summed E-state index contributed by atoms with van der Waals surface area (Å²) in [6.07, 6.45) is 2.18. The van der Waals surface area contributed by atoms with Gasteiger partial charge in [0.25, 0.3) is 0 Å². The van der Waals surface area contributed by atoms with Gasteiger partial charge in [0.1, 0.15) is 5.82 Å². The molecule has 3 rings (SSSR count). The largest absolute Gasteiger partial charge is 0.481 e. The molecule has 23 heavy (non-hydrogen) atoms. The fraction of sp³-hybridized carbons (Fsp3) is 0.588. The van der Waals surface area contributed by atoms with E-state index >= 15 is 0 Å². The van der Waals surface area contributed by atoms with E-state index in [4.69, 9.17) is 4.74 Å². The average Bonchev–Trinajstić information content (AvgIpc) is 2.55. The molecule has 1 N–H and O–H groups in total. The Bertz CT molecular complexity index is 536. The Labute approximate surface area is 142 Å². The lowest BCUT2D eigenvalue weighted by Crippen LogP contribution is -2.47. The van der Waals surface area contributed by atoms with Crippen LogP contribution < -0.4 is 0 Å². The highest BCUT2D eigenvalue weighted by molar-refractivity contribution is 5.85. The summed E-state index contributed by atoms with van der Waals surface area (Å²) in [6.45, 7) is 3.21. The normalized spacial score (nSPS) is 28.8. The van der Waals surface area contributed by atoms with Crippen molar-refractivity contribution in [1.29, 1.82) is 0 Å².